The molecular weight excluding hydrogens is 256 g/mol. The summed E-state index contributed by atoms with van der Waals surface area (Å²) in [5.41, 5.74) is 1.19. The largest absolute Gasteiger partial charge is 0.495 e. The smallest absolute Gasteiger partial charge is 0.309 e. The highest BCUT2D eigenvalue weighted by molar-refractivity contribution is 6.30. The van der Waals surface area contributed by atoms with Crippen molar-refractivity contribution in [1.29, 1.82) is 0 Å². The highest BCUT2D eigenvalue weighted by Crippen LogP contribution is 2.26. The molecule has 0 saturated carbocycles. The Bertz CT molecular complexity index is 580. The van der Waals surface area contributed by atoms with Gasteiger partial charge in [0.1, 0.15) is 5.75 Å². The fourth-order valence-electron chi connectivity index (χ4n) is 1.61. The van der Waals surface area contributed by atoms with Gasteiger partial charge in [0.25, 0.3) is 0 Å². The number of carboxylic acid groups (broad SMARTS) is 1. The van der Waals surface area contributed by atoms with Crippen LogP contribution in [0.15, 0.2) is 30.7 Å². The van der Waals surface area contributed by atoms with Crippen molar-refractivity contribution in [3.8, 4) is 11.4 Å². The Morgan fingerprint density at radius 3 is 3.00 bits per heavy atom. The van der Waals surface area contributed by atoms with E-state index in [9.17, 15) is 4.79 Å². The molecule has 0 atom stereocenters. The van der Waals surface area contributed by atoms with Crippen LogP contribution in [-0.2, 0) is 11.2 Å². The number of benzene rings is 1. The van der Waals surface area contributed by atoms with Crippen molar-refractivity contribution < 1.29 is 14.6 Å². The van der Waals surface area contributed by atoms with Crippen LogP contribution in [0.5, 0.6) is 5.75 Å². The monoisotopic (exact) mass is 266 g/mol. The van der Waals surface area contributed by atoms with E-state index in [0.29, 0.717) is 22.2 Å². The molecule has 1 aromatic carbocycles. The molecule has 0 radical (unpaired) electrons. The number of carboxylic acids is 1. The third kappa shape index (κ3) is 2.62. The molecule has 0 bridgehead atoms. The van der Waals surface area contributed by atoms with Gasteiger partial charge in [0, 0.05) is 11.2 Å². The number of aromatic nitrogens is 2. The molecular formula is C12H11ClN2O3. The van der Waals surface area contributed by atoms with Gasteiger partial charge in [-0.3, -0.25) is 4.79 Å². The van der Waals surface area contributed by atoms with Crippen LogP contribution in [0, 0.1) is 0 Å². The Hall–Kier alpha value is -2.01. The fraction of sp³-hybridized carbons (Fsp3) is 0.167. The van der Waals surface area contributed by atoms with Crippen LogP contribution in [0.25, 0.3) is 5.69 Å². The highest BCUT2D eigenvalue weighted by atomic mass is 35.5. The molecule has 18 heavy (non-hydrogen) atoms. The van der Waals surface area contributed by atoms with Gasteiger partial charge >= 0.3 is 5.97 Å². The van der Waals surface area contributed by atoms with Gasteiger partial charge < -0.3 is 14.4 Å². The number of methoxy groups -OCH3 is 1. The van der Waals surface area contributed by atoms with Crippen LogP contribution < -0.4 is 4.74 Å². The van der Waals surface area contributed by atoms with Crippen molar-refractivity contribution in [2.24, 2.45) is 0 Å². The van der Waals surface area contributed by atoms with Gasteiger partial charge in [-0.15, -0.1) is 0 Å². The quantitative estimate of drug-likeness (QED) is 0.921. The lowest BCUT2D eigenvalue weighted by Crippen LogP contribution is -2.00. The number of nitrogens with zero attached hydrogens (tertiary/aromatic N) is 2. The highest BCUT2D eigenvalue weighted by Gasteiger charge is 2.09. The Kier molecular flexibility index (Phi) is 3.53. The maximum Gasteiger partial charge on any atom is 0.309 e. The average molecular weight is 267 g/mol. The summed E-state index contributed by atoms with van der Waals surface area (Å²) in [6.07, 6.45) is 3.06. The number of rotatable bonds is 4. The minimum atomic E-state index is -0.918. The zero-order valence-electron chi connectivity index (χ0n) is 9.63. The lowest BCUT2D eigenvalue weighted by atomic mass is 10.3. The number of imidazole rings is 1. The third-order valence-corrected chi connectivity index (χ3v) is 2.62. The van der Waals surface area contributed by atoms with Crippen LogP contribution in [0.2, 0.25) is 5.02 Å². The molecule has 0 aliphatic rings. The summed E-state index contributed by atoms with van der Waals surface area (Å²) in [6, 6.07) is 5.19. The molecule has 0 aliphatic heterocycles. The molecule has 0 saturated heterocycles. The zero-order chi connectivity index (χ0) is 13.1. The minimum Gasteiger partial charge on any atom is -0.495 e. The molecule has 1 aromatic heterocycles. The Labute approximate surface area is 109 Å². The van der Waals surface area contributed by atoms with E-state index in [1.54, 1.807) is 36.1 Å². The minimum absolute atomic E-state index is 0.115. The van der Waals surface area contributed by atoms with E-state index in [4.69, 9.17) is 21.4 Å². The van der Waals surface area contributed by atoms with Gasteiger partial charge in [-0.2, -0.15) is 0 Å². The van der Waals surface area contributed by atoms with Gasteiger partial charge in [-0.1, -0.05) is 11.6 Å². The van der Waals surface area contributed by atoms with Gasteiger partial charge in [-0.25, -0.2) is 4.98 Å². The summed E-state index contributed by atoms with van der Waals surface area (Å²) in [6.45, 7) is 0. The van der Waals surface area contributed by atoms with Crippen molar-refractivity contribution in [1.82, 2.24) is 9.55 Å². The van der Waals surface area contributed by atoms with E-state index in [2.05, 4.69) is 4.98 Å². The van der Waals surface area contributed by atoms with E-state index in [1.165, 1.54) is 6.33 Å². The van der Waals surface area contributed by atoms with Crippen molar-refractivity contribution >= 4 is 17.6 Å². The van der Waals surface area contributed by atoms with Gasteiger partial charge in [-0.05, 0) is 18.2 Å². The van der Waals surface area contributed by atoms with Gasteiger partial charge in [0.05, 0.1) is 31.2 Å². The van der Waals surface area contributed by atoms with E-state index >= 15 is 0 Å². The first-order valence-electron chi connectivity index (χ1n) is 5.18. The van der Waals surface area contributed by atoms with Gasteiger partial charge in [0.15, 0.2) is 0 Å². The second-order valence-corrected chi connectivity index (χ2v) is 4.10. The van der Waals surface area contributed by atoms with Crippen LogP contribution in [0.1, 0.15) is 5.69 Å². The fourth-order valence-corrected chi connectivity index (χ4v) is 1.77. The number of halogens is 1. The van der Waals surface area contributed by atoms with Crippen molar-refractivity contribution in [2.75, 3.05) is 7.11 Å². The maximum absolute atomic E-state index is 10.6. The van der Waals surface area contributed by atoms with Crippen LogP contribution in [-0.4, -0.2) is 27.7 Å². The van der Waals surface area contributed by atoms with Gasteiger partial charge in [0.2, 0.25) is 0 Å². The molecule has 2 aromatic rings. The molecule has 0 fully saturated rings. The topological polar surface area (TPSA) is 64.4 Å². The third-order valence-electron chi connectivity index (χ3n) is 2.39. The molecule has 94 valence electrons. The van der Waals surface area contributed by atoms with Crippen LogP contribution in [0.4, 0.5) is 0 Å². The molecule has 5 nitrogen and oxygen atoms in total. The zero-order valence-corrected chi connectivity index (χ0v) is 10.4. The summed E-state index contributed by atoms with van der Waals surface area (Å²) >= 11 is 5.93. The lowest BCUT2D eigenvalue weighted by molar-refractivity contribution is -0.136. The van der Waals surface area contributed by atoms with Crippen molar-refractivity contribution in [3.63, 3.8) is 0 Å². The summed E-state index contributed by atoms with van der Waals surface area (Å²) in [5, 5.41) is 9.27. The summed E-state index contributed by atoms with van der Waals surface area (Å²) in [5.74, 6) is -0.281. The summed E-state index contributed by atoms with van der Waals surface area (Å²) < 4.78 is 6.91. The molecule has 2 rings (SSSR count). The molecule has 1 heterocycles. The molecule has 0 aliphatic carbocycles. The molecule has 0 unspecified atom stereocenters. The number of hydrogen-bond acceptors (Lipinski definition) is 3. The summed E-state index contributed by atoms with van der Waals surface area (Å²) in [7, 11) is 1.56. The first-order valence-corrected chi connectivity index (χ1v) is 5.56. The number of ether oxygens (including phenoxy) is 1. The lowest BCUT2D eigenvalue weighted by Gasteiger charge is -2.08. The number of carbonyl (C=O) groups is 1. The molecule has 1 N–H and O–H groups in total. The first-order chi connectivity index (χ1) is 8.60. The Morgan fingerprint density at radius 1 is 1.56 bits per heavy atom. The van der Waals surface area contributed by atoms with E-state index in [0.717, 1.165) is 0 Å². The number of aliphatic carboxylic acids is 1. The first kappa shape index (κ1) is 12.4. The second-order valence-electron chi connectivity index (χ2n) is 3.66. The molecule has 6 heteroatoms. The molecule has 0 spiro atoms. The van der Waals surface area contributed by atoms with Crippen molar-refractivity contribution in [3.05, 3.63) is 41.4 Å². The Morgan fingerprint density at radius 2 is 2.33 bits per heavy atom. The predicted octanol–water partition coefficient (Wildman–Crippen LogP) is 2.16. The van der Waals surface area contributed by atoms with E-state index in [-0.39, 0.29) is 6.42 Å². The second kappa shape index (κ2) is 5.10. The normalized spacial score (nSPS) is 10.3. The Balaban J connectivity index is 2.38. The summed E-state index contributed by atoms with van der Waals surface area (Å²) in [4.78, 5) is 14.6. The standard InChI is InChI=1S/C12H11ClN2O3/c1-18-11-3-2-8(13)4-10(11)15-6-9(14-7-15)5-12(16)17/h2-4,6-7H,5H2,1H3,(H,16,17). The molecule has 0 amide bonds. The van der Waals surface area contributed by atoms with E-state index < -0.39 is 5.97 Å². The van der Waals surface area contributed by atoms with Crippen molar-refractivity contribution in [2.45, 2.75) is 6.42 Å². The van der Waals surface area contributed by atoms with Crippen LogP contribution >= 0.6 is 11.6 Å². The van der Waals surface area contributed by atoms with E-state index in [1.807, 2.05) is 0 Å². The SMILES string of the molecule is COc1ccc(Cl)cc1-n1cnc(CC(=O)O)c1. The maximum atomic E-state index is 10.6. The average Bonchev–Trinajstić information content (AvgIpc) is 2.76. The van der Waals surface area contributed by atoms with Crippen LogP contribution in [0.3, 0.4) is 0 Å². The predicted molar refractivity (Wildman–Crippen MR) is 66.5 cm³/mol. The number of hydrogen-bond donors (Lipinski definition) is 1.